The Balaban J connectivity index is 1.84. The van der Waals surface area contributed by atoms with Crippen LogP contribution in [-0.2, 0) is 17.5 Å². The zero-order valence-electron chi connectivity index (χ0n) is 15.2. The summed E-state index contributed by atoms with van der Waals surface area (Å²) in [7, 11) is 0. The topological polar surface area (TPSA) is 32.3 Å². The van der Waals surface area contributed by atoms with E-state index in [9.17, 15) is 18.0 Å². The number of halogens is 3. The minimum absolute atomic E-state index is 0.0298. The largest absolute Gasteiger partial charge is 0.416 e. The molecule has 1 saturated carbocycles. The monoisotopic (exact) mass is 368 g/mol. The van der Waals surface area contributed by atoms with Crippen LogP contribution in [-0.4, -0.2) is 29.4 Å². The lowest BCUT2D eigenvalue weighted by atomic mass is 9.91. The van der Waals surface area contributed by atoms with Crippen molar-refractivity contribution in [2.75, 3.05) is 6.54 Å². The number of benzene rings is 1. The van der Waals surface area contributed by atoms with Crippen molar-refractivity contribution in [3.63, 3.8) is 0 Å². The Morgan fingerprint density at radius 2 is 1.88 bits per heavy atom. The van der Waals surface area contributed by atoms with Gasteiger partial charge in [-0.05, 0) is 50.8 Å². The van der Waals surface area contributed by atoms with Gasteiger partial charge in [-0.2, -0.15) is 13.2 Å². The van der Waals surface area contributed by atoms with Gasteiger partial charge in [-0.3, -0.25) is 4.79 Å². The van der Waals surface area contributed by atoms with Crippen LogP contribution in [0.3, 0.4) is 0 Å². The summed E-state index contributed by atoms with van der Waals surface area (Å²) in [5.74, 6) is -0.0628. The summed E-state index contributed by atoms with van der Waals surface area (Å²) in [5.41, 5.74) is -0.434. The van der Waals surface area contributed by atoms with Crippen LogP contribution in [0, 0.1) is 5.92 Å². The van der Waals surface area contributed by atoms with Crippen LogP contribution < -0.4 is 5.32 Å². The van der Waals surface area contributed by atoms with Crippen molar-refractivity contribution in [1.29, 1.82) is 0 Å². The van der Waals surface area contributed by atoms with E-state index in [0.29, 0.717) is 0 Å². The van der Waals surface area contributed by atoms with Gasteiger partial charge in [0.05, 0.1) is 5.56 Å². The molecule has 2 aliphatic rings. The molecule has 0 unspecified atom stereocenters. The molecule has 26 heavy (non-hydrogen) atoms. The number of carbonyl (C=O) groups is 1. The van der Waals surface area contributed by atoms with E-state index in [1.54, 1.807) is 11.0 Å². The Morgan fingerprint density at radius 3 is 2.54 bits per heavy atom. The van der Waals surface area contributed by atoms with Crippen molar-refractivity contribution in [2.24, 2.45) is 5.92 Å². The second-order valence-corrected chi connectivity index (χ2v) is 7.64. The molecule has 6 heteroatoms. The summed E-state index contributed by atoms with van der Waals surface area (Å²) in [6, 6.07) is 5.97. The van der Waals surface area contributed by atoms with Crippen LogP contribution in [0.1, 0.15) is 56.6 Å². The molecule has 0 radical (unpaired) electrons. The summed E-state index contributed by atoms with van der Waals surface area (Å²) >= 11 is 0. The van der Waals surface area contributed by atoms with Gasteiger partial charge >= 0.3 is 6.18 Å². The zero-order chi connectivity index (χ0) is 18.7. The first-order valence-electron chi connectivity index (χ1n) is 9.55. The smallest absolute Gasteiger partial charge is 0.335 e. The van der Waals surface area contributed by atoms with Crippen LogP contribution in [0.15, 0.2) is 24.3 Å². The lowest BCUT2D eigenvalue weighted by molar-refractivity contribution is -0.143. The number of nitrogens with zero attached hydrogens (tertiary/aromatic N) is 1. The molecule has 0 spiro atoms. The van der Waals surface area contributed by atoms with Crippen molar-refractivity contribution < 1.29 is 18.0 Å². The van der Waals surface area contributed by atoms with Crippen molar-refractivity contribution in [1.82, 2.24) is 10.2 Å². The molecule has 2 fully saturated rings. The normalized spacial score (nSPS) is 24.6. The van der Waals surface area contributed by atoms with Crippen LogP contribution in [0.2, 0.25) is 0 Å². The molecule has 1 heterocycles. The fraction of sp³-hybridized carbons (Fsp3) is 0.650. The second kappa shape index (κ2) is 7.99. The molecule has 144 valence electrons. The number of piperidine rings is 1. The molecule has 3 nitrogen and oxygen atoms in total. The van der Waals surface area contributed by atoms with Crippen LogP contribution in [0.4, 0.5) is 13.2 Å². The van der Waals surface area contributed by atoms with Gasteiger partial charge in [-0.15, -0.1) is 0 Å². The Kier molecular flexibility index (Phi) is 5.90. The number of nitrogens with one attached hydrogen (secondary N) is 1. The van der Waals surface area contributed by atoms with E-state index in [2.05, 4.69) is 12.2 Å². The molecule has 1 aromatic carbocycles. The standard InChI is InChI=1S/C20H27F3N2O/c1-14-12-15(10-11-24-14)19(26)25(17-7-3-4-8-17)13-16-6-2-5-9-18(16)20(21,22)23/h2,5-6,9,14-15,17,24H,3-4,7-8,10-13H2,1H3/t14-,15-/m0/s1. The highest BCUT2D eigenvalue weighted by Gasteiger charge is 2.37. The van der Waals surface area contributed by atoms with E-state index in [1.165, 1.54) is 12.1 Å². The molecule has 1 aliphatic carbocycles. The molecule has 3 rings (SSSR count). The highest BCUT2D eigenvalue weighted by atomic mass is 19.4. The van der Waals surface area contributed by atoms with Crippen molar-refractivity contribution in [3.8, 4) is 0 Å². The molecule has 0 bridgehead atoms. The summed E-state index contributed by atoms with van der Waals surface area (Å²) in [6.45, 7) is 2.89. The number of carbonyl (C=O) groups excluding carboxylic acids is 1. The Bertz CT molecular complexity index is 626. The lowest BCUT2D eigenvalue weighted by Crippen LogP contribution is -2.47. The molecule has 1 N–H and O–H groups in total. The molecule has 1 aromatic rings. The summed E-state index contributed by atoms with van der Waals surface area (Å²) in [4.78, 5) is 15.0. The maximum atomic E-state index is 13.4. The van der Waals surface area contributed by atoms with Crippen molar-refractivity contribution >= 4 is 5.91 Å². The first kappa shape index (κ1) is 19.2. The summed E-state index contributed by atoms with van der Waals surface area (Å²) in [6.07, 6.45) is 0.970. The van der Waals surface area contributed by atoms with Crippen LogP contribution in [0.5, 0.6) is 0 Å². The van der Waals surface area contributed by atoms with Gasteiger partial charge in [0.1, 0.15) is 0 Å². The number of hydrogen-bond donors (Lipinski definition) is 1. The first-order chi connectivity index (χ1) is 12.4. The number of amides is 1. The van der Waals surface area contributed by atoms with Gasteiger partial charge in [0.15, 0.2) is 0 Å². The predicted molar refractivity (Wildman–Crippen MR) is 94.4 cm³/mol. The van der Waals surface area contributed by atoms with Crippen molar-refractivity contribution in [3.05, 3.63) is 35.4 Å². The fourth-order valence-electron chi connectivity index (χ4n) is 4.31. The number of rotatable bonds is 4. The predicted octanol–water partition coefficient (Wildman–Crippen LogP) is 4.36. The number of hydrogen-bond acceptors (Lipinski definition) is 2. The van der Waals surface area contributed by atoms with E-state index in [-0.39, 0.29) is 36.0 Å². The van der Waals surface area contributed by atoms with E-state index in [0.717, 1.165) is 51.1 Å². The van der Waals surface area contributed by atoms with Gasteiger partial charge in [0.2, 0.25) is 5.91 Å². The third-order valence-electron chi connectivity index (χ3n) is 5.68. The third-order valence-corrected chi connectivity index (χ3v) is 5.68. The SMILES string of the molecule is C[C@H]1C[C@@H](C(=O)N(Cc2ccccc2C(F)(F)F)C2CCCC2)CCN1. The second-order valence-electron chi connectivity index (χ2n) is 7.64. The maximum absolute atomic E-state index is 13.4. The van der Waals surface area contributed by atoms with Gasteiger partial charge in [-0.25, -0.2) is 0 Å². The quantitative estimate of drug-likeness (QED) is 0.856. The molecule has 2 atom stereocenters. The molecular formula is C20H27F3N2O. The van der Waals surface area contributed by atoms with E-state index in [4.69, 9.17) is 0 Å². The average Bonchev–Trinajstić information content (AvgIpc) is 3.13. The maximum Gasteiger partial charge on any atom is 0.416 e. The minimum Gasteiger partial charge on any atom is -0.335 e. The number of alkyl halides is 3. The molecule has 1 amide bonds. The van der Waals surface area contributed by atoms with Gasteiger partial charge in [0.25, 0.3) is 0 Å². The first-order valence-corrected chi connectivity index (χ1v) is 9.55. The molecular weight excluding hydrogens is 341 g/mol. The minimum atomic E-state index is -4.40. The molecule has 0 aromatic heterocycles. The highest BCUT2D eigenvalue weighted by molar-refractivity contribution is 5.79. The summed E-state index contributed by atoms with van der Waals surface area (Å²) < 4.78 is 40.1. The third kappa shape index (κ3) is 4.40. The molecule has 1 aliphatic heterocycles. The van der Waals surface area contributed by atoms with Crippen molar-refractivity contribution in [2.45, 2.75) is 70.3 Å². The zero-order valence-corrected chi connectivity index (χ0v) is 15.2. The van der Waals surface area contributed by atoms with E-state index >= 15 is 0 Å². The highest BCUT2D eigenvalue weighted by Crippen LogP contribution is 2.34. The van der Waals surface area contributed by atoms with Gasteiger partial charge in [-0.1, -0.05) is 31.0 Å². The molecule has 1 saturated heterocycles. The Hall–Kier alpha value is -1.56. The Morgan fingerprint density at radius 1 is 1.19 bits per heavy atom. The van der Waals surface area contributed by atoms with E-state index in [1.807, 2.05) is 0 Å². The fourth-order valence-corrected chi connectivity index (χ4v) is 4.31. The Labute approximate surface area is 152 Å². The lowest BCUT2D eigenvalue weighted by Gasteiger charge is -2.36. The van der Waals surface area contributed by atoms with Gasteiger partial charge in [0, 0.05) is 24.5 Å². The van der Waals surface area contributed by atoms with Crippen LogP contribution >= 0.6 is 0 Å². The average molecular weight is 368 g/mol. The summed E-state index contributed by atoms with van der Waals surface area (Å²) in [5, 5.41) is 3.33. The van der Waals surface area contributed by atoms with E-state index < -0.39 is 11.7 Å². The van der Waals surface area contributed by atoms with Crippen LogP contribution in [0.25, 0.3) is 0 Å². The van der Waals surface area contributed by atoms with Gasteiger partial charge < -0.3 is 10.2 Å².